The Labute approximate surface area is 95.9 Å². The van der Waals surface area contributed by atoms with Crippen molar-refractivity contribution in [2.45, 2.75) is 19.0 Å². The lowest BCUT2D eigenvalue weighted by Crippen LogP contribution is -2.37. The van der Waals surface area contributed by atoms with Gasteiger partial charge in [-0.05, 0) is 35.0 Å². The molecule has 3 N–H and O–H groups in total. The maximum atomic E-state index is 8.90. The molecule has 0 fully saturated rings. The molecule has 0 unspecified atom stereocenters. The molecule has 0 spiro atoms. The molecule has 1 atom stereocenters. The Morgan fingerprint density at radius 3 is 2.50 bits per heavy atom. The summed E-state index contributed by atoms with van der Waals surface area (Å²) in [5.74, 6) is 0. The molecule has 80 valence electrons. The van der Waals surface area contributed by atoms with E-state index < -0.39 is 0 Å². The van der Waals surface area contributed by atoms with E-state index in [2.05, 4.69) is 21.2 Å². The van der Waals surface area contributed by atoms with Crippen LogP contribution >= 0.6 is 27.3 Å². The topological polar surface area (TPSA) is 52.5 Å². The first-order chi connectivity index (χ1) is 6.67. The maximum absolute atomic E-state index is 8.90. The van der Waals surface area contributed by atoms with E-state index in [1.54, 1.807) is 11.3 Å². The van der Waals surface area contributed by atoms with Gasteiger partial charge in [-0.3, -0.25) is 0 Å². The summed E-state index contributed by atoms with van der Waals surface area (Å²) in [5, 5.41) is 20.9. The Kier molecular flexibility index (Phi) is 5.05. The lowest BCUT2D eigenvalue weighted by Gasteiger charge is -2.18. The van der Waals surface area contributed by atoms with Crippen molar-refractivity contribution in [2.75, 3.05) is 13.2 Å². The molecule has 5 heteroatoms. The summed E-state index contributed by atoms with van der Waals surface area (Å²) in [6.07, 6.45) is 0. The molecule has 1 rings (SSSR count). The molecule has 0 aliphatic rings. The summed E-state index contributed by atoms with van der Waals surface area (Å²) in [4.78, 5) is 1.18. The van der Waals surface area contributed by atoms with Crippen LogP contribution in [-0.4, -0.2) is 29.5 Å². The van der Waals surface area contributed by atoms with Gasteiger partial charge in [0, 0.05) is 10.9 Å². The van der Waals surface area contributed by atoms with Gasteiger partial charge in [0.1, 0.15) is 0 Å². The molecule has 3 nitrogen and oxygen atoms in total. The van der Waals surface area contributed by atoms with Crippen molar-refractivity contribution in [2.24, 2.45) is 0 Å². The molecule has 0 radical (unpaired) electrons. The zero-order valence-electron chi connectivity index (χ0n) is 7.90. The quantitative estimate of drug-likeness (QED) is 0.766. The summed E-state index contributed by atoms with van der Waals surface area (Å²) in [7, 11) is 0. The zero-order chi connectivity index (χ0) is 10.6. The molecule has 0 amide bonds. The number of hydrogen-bond acceptors (Lipinski definition) is 4. The largest absolute Gasteiger partial charge is 0.395 e. The number of hydrogen-bond donors (Lipinski definition) is 3. The van der Waals surface area contributed by atoms with E-state index in [4.69, 9.17) is 10.2 Å². The average Bonchev–Trinajstić information content (AvgIpc) is 2.61. The minimum atomic E-state index is -0.245. The minimum Gasteiger partial charge on any atom is -0.395 e. The van der Waals surface area contributed by atoms with Crippen molar-refractivity contribution in [1.29, 1.82) is 0 Å². The summed E-state index contributed by atoms with van der Waals surface area (Å²) in [6, 6.07) is 3.92. The first kappa shape index (κ1) is 12.1. The van der Waals surface area contributed by atoms with Crippen molar-refractivity contribution in [3.63, 3.8) is 0 Å². The second-order valence-electron chi connectivity index (χ2n) is 3.09. The molecule has 0 aliphatic heterocycles. The van der Waals surface area contributed by atoms with Gasteiger partial charge in [0.05, 0.1) is 23.0 Å². The lowest BCUT2D eigenvalue weighted by atomic mass is 10.2. The van der Waals surface area contributed by atoms with E-state index in [1.165, 1.54) is 4.88 Å². The van der Waals surface area contributed by atoms with Gasteiger partial charge < -0.3 is 15.5 Å². The molecular weight excluding hydrogens is 266 g/mol. The summed E-state index contributed by atoms with van der Waals surface area (Å²) in [5.41, 5.74) is 0. The SMILES string of the molecule is C[C@H](NC(CO)CO)c1ccc(Br)s1. The molecule has 1 heterocycles. The maximum Gasteiger partial charge on any atom is 0.0701 e. The van der Waals surface area contributed by atoms with Gasteiger partial charge >= 0.3 is 0 Å². The molecule has 0 aliphatic carbocycles. The third-order valence-corrected chi connectivity index (χ3v) is 3.75. The van der Waals surface area contributed by atoms with Gasteiger partial charge in [-0.25, -0.2) is 0 Å². The van der Waals surface area contributed by atoms with Crippen LogP contribution in [0.4, 0.5) is 0 Å². The van der Waals surface area contributed by atoms with Gasteiger partial charge in [0.2, 0.25) is 0 Å². The van der Waals surface area contributed by atoms with E-state index >= 15 is 0 Å². The van der Waals surface area contributed by atoms with Gasteiger partial charge in [-0.15, -0.1) is 11.3 Å². The van der Waals surface area contributed by atoms with Gasteiger partial charge in [0.25, 0.3) is 0 Å². The van der Waals surface area contributed by atoms with Crippen LogP contribution in [0, 0.1) is 0 Å². The molecule has 14 heavy (non-hydrogen) atoms. The van der Waals surface area contributed by atoms with Crippen molar-refractivity contribution < 1.29 is 10.2 Å². The number of rotatable bonds is 5. The summed E-state index contributed by atoms with van der Waals surface area (Å²) in [6.45, 7) is 1.91. The van der Waals surface area contributed by atoms with E-state index in [9.17, 15) is 0 Å². The molecular formula is C9H14BrNO2S. The number of thiophene rings is 1. The third-order valence-electron chi connectivity index (χ3n) is 1.95. The van der Waals surface area contributed by atoms with Crippen LogP contribution in [0.15, 0.2) is 15.9 Å². The number of aliphatic hydroxyl groups is 2. The highest BCUT2D eigenvalue weighted by molar-refractivity contribution is 9.11. The van der Waals surface area contributed by atoms with Gasteiger partial charge in [-0.1, -0.05) is 0 Å². The predicted octanol–water partition coefficient (Wildman–Crippen LogP) is 1.51. The van der Waals surface area contributed by atoms with E-state index in [0.29, 0.717) is 0 Å². The van der Waals surface area contributed by atoms with Crippen molar-refractivity contribution in [3.05, 3.63) is 20.8 Å². The first-order valence-electron chi connectivity index (χ1n) is 4.40. The van der Waals surface area contributed by atoms with Crippen molar-refractivity contribution >= 4 is 27.3 Å². The van der Waals surface area contributed by atoms with Crippen LogP contribution in [0.25, 0.3) is 0 Å². The monoisotopic (exact) mass is 279 g/mol. The average molecular weight is 280 g/mol. The second kappa shape index (κ2) is 5.82. The number of nitrogens with one attached hydrogen (secondary N) is 1. The molecule has 0 saturated carbocycles. The standard InChI is InChI=1S/C9H14BrNO2S/c1-6(11-7(4-12)5-13)8-2-3-9(10)14-8/h2-3,6-7,11-13H,4-5H2,1H3/t6-/m0/s1. The molecule has 0 bridgehead atoms. The van der Waals surface area contributed by atoms with Crippen LogP contribution in [0.1, 0.15) is 17.8 Å². The summed E-state index contributed by atoms with van der Waals surface area (Å²) >= 11 is 5.04. The van der Waals surface area contributed by atoms with Gasteiger partial charge in [-0.2, -0.15) is 0 Å². The van der Waals surface area contributed by atoms with E-state index in [1.807, 2.05) is 19.1 Å². The molecule has 1 aromatic heterocycles. The predicted molar refractivity (Wildman–Crippen MR) is 61.5 cm³/mol. The van der Waals surface area contributed by atoms with E-state index in [0.717, 1.165) is 3.79 Å². The Bertz CT molecular complexity index is 276. The van der Waals surface area contributed by atoms with Crippen LogP contribution in [-0.2, 0) is 0 Å². The van der Waals surface area contributed by atoms with Gasteiger partial charge in [0.15, 0.2) is 0 Å². The zero-order valence-corrected chi connectivity index (χ0v) is 10.3. The molecule has 0 aromatic carbocycles. The van der Waals surface area contributed by atoms with Crippen LogP contribution < -0.4 is 5.32 Å². The lowest BCUT2D eigenvalue weighted by molar-refractivity contribution is 0.164. The van der Waals surface area contributed by atoms with Crippen molar-refractivity contribution in [3.8, 4) is 0 Å². The Morgan fingerprint density at radius 2 is 2.07 bits per heavy atom. The van der Waals surface area contributed by atoms with E-state index in [-0.39, 0.29) is 25.3 Å². The molecule has 1 aromatic rings. The minimum absolute atomic E-state index is 0.0482. The highest BCUT2D eigenvalue weighted by Gasteiger charge is 2.12. The normalized spacial score (nSPS) is 13.5. The third kappa shape index (κ3) is 3.33. The Balaban J connectivity index is 2.53. The molecule has 0 saturated heterocycles. The van der Waals surface area contributed by atoms with Crippen LogP contribution in [0.3, 0.4) is 0 Å². The van der Waals surface area contributed by atoms with Crippen LogP contribution in [0.5, 0.6) is 0 Å². The van der Waals surface area contributed by atoms with Crippen molar-refractivity contribution in [1.82, 2.24) is 5.32 Å². The number of halogens is 1. The Morgan fingerprint density at radius 1 is 1.43 bits per heavy atom. The Hall–Kier alpha value is 0.0600. The smallest absolute Gasteiger partial charge is 0.0701 e. The summed E-state index contributed by atoms with van der Waals surface area (Å²) < 4.78 is 1.09. The fraction of sp³-hybridized carbons (Fsp3) is 0.556. The fourth-order valence-corrected chi connectivity index (χ4v) is 2.59. The fourth-order valence-electron chi connectivity index (χ4n) is 1.16. The number of aliphatic hydroxyl groups excluding tert-OH is 2. The highest BCUT2D eigenvalue weighted by atomic mass is 79.9. The first-order valence-corrected chi connectivity index (χ1v) is 6.01. The second-order valence-corrected chi connectivity index (χ2v) is 5.59. The van der Waals surface area contributed by atoms with Crippen LogP contribution in [0.2, 0.25) is 0 Å². The highest BCUT2D eigenvalue weighted by Crippen LogP contribution is 2.27.